The Hall–Kier alpha value is -3.60. The van der Waals surface area contributed by atoms with Crippen LogP contribution in [0.3, 0.4) is 0 Å². The van der Waals surface area contributed by atoms with Gasteiger partial charge < -0.3 is 15.8 Å². The Morgan fingerprint density at radius 1 is 0.778 bits per heavy atom. The number of ether oxygens (including phenoxy) is 1. The summed E-state index contributed by atoms with van der Waals surface area (Å²) < 4.78 is 5.72. The van der Waals surface area contributed by atoms with Crippen LogP contribution in [0, 0.1) is 0 Å². The topological polar surface area (TPSA) is 81.4 Å². The van der Waals surface area contributed by atoms with E-state index in [0.717, 1.165) is 11.1 Å². The number of carbonyl (C=O) groups excluding carboxylic acids is 2. The van der Waals surface area contributed by atoms with Gasteiger partial charge in [-0.1, -0.05) is 42.5 Å². The fraction of sp³-hybridized carbons (Fsp3) is 0.0909. The number of carbonyl (C=O) groups is 2. The van der Waals surface area contributed by atoms with E-state index >= 15 is 0 Å². The van der Waals surface area contributed by atoms with Gasteiger partial charge in [-0.3, -0.25) is 9.59 Å². The second-order valence-corrected chi connectivity index (χ2v) is 6.04. The van der Waals surface area contributed by atoms with Crippen molar-refractivity contribution < 1.29 is 14.3 Å². The first-order valence-corrected chi connectivity index (χ1v) is 8.55. The van der Waals surface area contributed by atoms with Gasteiger partial charge in [-0.2, -0.15) is 0 Å². The predicted octanol–water partition coefficient (Wildman–Crippen LogP) is 3.29. The van der Waals surface area contributed by atoms with Crippen LogP contribution >= 0.6 is 0 Å². The zero-order valence-electron chi connectivity index (χ0n) is 14.7. The molecule has 5 heteroatoms. The van der Waals surface area contributed by atoms with Crippen LogP contribution < -0.4 is 15.8 Å². The van der Waals surface area contributed by atoms with Gasteiger partial charge in [0.25, 0.3) is 5.91 Å². The summed E-state index contributed by atoms with van der Waals surface area (Å²) in [5.74, 6) is 0.0567. The summed E-state index contributed by atoms with van der Waals surface area (Å²) in [6, 6.07) is 23.7. The minimum atomic E-state index is -0.472. The van der Waals surface area contributed by atoms with E-state index in [1.54, 1.807) is 48.5 Å². The van der Waals surface area contributed by atoms with Crippen LogP contribution in [0.4, 0.5) is 0 Å². The number of nitrogens with two attached hydrogens (primary N) is 1. The van der Waals surface area contributed by atoms with Crippen molar-refractivity contribution in [2.75, 3.05) is 0 Å². The summed E-state index contributed by atoms with van der Waals surface area (Å²) in [7, 11) is 0. The van der Waals surface area contributed by atoms with E-state index < -0.39 is 5.91 Å². The summed E-state index contributed by atoms with van der Waals surface area (Å²) in [6.07, 6.45) is 0. The summed E-state index contributed by atoms with van der Waals surface area (Å²) in [6.45, 7) is 0.845. The first-order valence-electron chi connectivity index (χ1n) is 8.55. The van der Waals surface area contributed by atoms with Gasteiger partial charge in [0.1, 0.15) is 12.4 Å². The molecule has 27 heavy (non-hydrogen) atoms. The second-order valence-electron chi connectivity index (χ2n) is 6.04. The van der Waals surface area contributed by atoms with Crippen LogP contribution in [0.2, 0.25) is 0 Å². The van der Waals surface area contributed by atoms with E-state index in [2.05, 4.69) is 5.32 Å². The molecule has 0 aliphatic carbocycles. The molecule has 3 aromatic carbocycles. The monoisotopic (exact) mass is 360 g/mol. The highest BCUT2D eigenvalue weighted by molar-refractivity contribution is 5.94. The highest BCUT2D eigenvalue weighted by Crippen LogP contribution is 2.14. The number of amides is 2. The molecule has 0 bridgehead atoms. The van der Waals surface area contributed by atoms with Crippen LogP contribution in [-0.2, 0) is 13.2 Å². The smallest absolute Gasteiger partial charge is 0.251 e. The quantitative estimate of drug-likeness (QED) is 0.678. The van der Waals surface area contributed by atoms with Crippen LogP contribution in [0.5, 0.6) is 5.75 Å². The van der Waals surface area contributed by atoms with Crippen LogP contribution in [-0.4, -0.2) is 11.8 Å². The Morgan fingerprint density at radius 3 is 2.04 bits per heavy atom. The Morgan fingerprint density at radius 2 is 1.41 bits per heavy atom. The predicted molar refractivity (Wildman–Crippen MR) is 103 cm³/mol. The summed E-state index contributed by atoms with van der Waals surface area (Å²) in [4.78, 5) is 23.3. The number of hydrogen-bond donors (Lipinski definition) is 2. The zero-order chi connectivity index (χ0) is 19.1. The third-order valence-corrected chi connectivity index (χ3v) is 4.06. The Labute approximate surface area is 157 Å². The number of benzene rings is 3. The van der Waals surface area contributed by atoms with Gasteiger partial charge in [0.05, 0.1) is 0 Å². The van der Waals surface area contributed by atoms with E-state index in [0.29, 0.717) is 30.0 Å². The van der Waals surface area contributed by atoms with Crippen molar-refractivity contribution in [1.29, 1.82) is 0 Å². The lowest BCUT2D eigenvalue weighted by Crippen LogP contribution is -2.22. The molecule has 5 nitrogen and oxygen atoms in total. The van der Waals surface area contributed by atoms with E-state index in [-0.39, 0.29) is 5.91 Å². The first-order chi connectivity index (χ1) is 13.1. The summed E-state index contributed by atoms with van der Waals surface area (Å²) in [5.41, 5.74) is 8.17. The average Bonchev–Trinajstić information content (AvgIpc) is 2.72. The molecule has 0 spiro atoms. The maximum absolute atomic E-state index is 12.3. The van der Waals surface area contributed by atoms with Gasteiger partial charge in [-0.25, -0.2) is 0 Å². The maximum atomic E-state index is 12.3. The molecule has 3 aromatic rings. The molecule has 3 N–H and O–H groups in total. The molecule has 0 atom stereocenters. The van der Waals surface area contributed by atoms with Crippen LogP contribution in [0.15, 0.2) is 78.9 Å². The molecule has 0 aliphatic rings. The van der Waals surface area contributed by atoms with Gasteiger partial charge in [0.15, 0.2) is 0 Å². The van der Waals surface area contributed by atoms with Gasteiger partial charge in [-0.05, 0) is 47.5 Å². The standard InChI is InChI=1S/C22H20N2O3/c23-21(25)18-8-6-16(7-9-18)14-24-22(26)19-10-12-20(13-11-19)27-15-17-4-2-1-3-5-17/h1-13H,14-15H2,(H2,23,25)(H,24,26). The van der Waals surface area contributed by atoms with Crippen molar-refractivity contribution in [1.82, 2.24) is 5.32 Å². The number of rotatable bonds is 7. The molecule has 136 valence electrons. The van der Waals surface area contributed by atoms with Gasteiger partial charge in [0.2, 0.25) is 5.91 Å². The molecule has 0 saturated heterocycles. The normalized spacial score (nSPS) is 10.2. The molecule has 3 rings (SSSR count). The summed E-state index contributed by atoms with van der Waals surface area (Å²) in [5, 5.41) is 2.85. The van der Waals surface area contributed by atoms with Crippen LogP contribution in [0.25, 0.3) is 0 Å². The number of nitrogens with one attached hydrogen (secondary N) is 1. The Bertz CT molecular complexity index is 905. The average molecular weight is 360 g/mol. The molecule has 0 aliphatic heterocycles. The largest absolute Gasteiger partial charge is 0.489 e. The highest BCUT2D eigenvalue weighted by Gasteiger charge is 2.06. The van der Waals surface area contributed by atoms with Crippen molar-refractivity contribution in [3.63, 3.8) is 0 Å². The molecule has 0 aromatic heterocycles. The lowest BCUT2D eigenvalue weighted by molar-refractivity contribution is 0.0949. The van der Waals surface area contributed by atoms with E-state index in [1.165, 1.54) is 0 Å². The molecule has 0 saturated carbocycles. The minimum absolute atomic E-state index is 0.177. The number of primary amides is 1. The van der Waals surface area contributed by atoms with E-state index in [4.69, 9.17) is 10.5 Å². The number of hydrogen-bond acceptors (Lipinski definition) is 3. The van der Waals surface area contributed by atoms with Gasteiger partial charge in [-0.15, -0.1) is 0 Å². The molecular formula is C22H20N2O3. The van der Waals surface area contributed by atoms with Crippen molar-refractivity contribution in [3.8, 4) is 5.75 Å². The van der Waals surface area contributed by atoms with Gasteiger partial charge >= 0.3 is 0 Å². The lowest BCUT2D eigenvalue weighted by Gasteiger charge is -2.08. The molecule has 0 unspecified atom stereocenters. The molecule has 2 amide bonds. The Kier molecular flexibility index (Phi) is 5.84. The molecule has 0 radical (unpaired) electrons. The van der Waals surface area contributed by atoms with Crippen molar-refractivity contribution >= 4 is 11.8 Å². The van der Waals surface area contributed by atoms with E-state index in [1.807, 2.05) is 30.3 Å². The third-order valence-electron chi connectivity index (χ3n) is 4.06. The first kappa shape index (κ1) is 18.2. The molecular weight excluding hydrogens is 340 g/mol. The zero-order valence-corrected chi connectivity index (χ0v) is 14.7. The second kappa shape index (κ2) is 8.67. The SMILES string of the molecule is NC(=O)c1ccc(CNC(=O)c2ccc(OCc3ccccc3)cc2)cc1. The highest BCUT2D eigenvalue weighted by atomic mass is 16.5. The fourth-order valence-electron chi connectivity index (χ4n) is 2.51. The van der Waals surface area contributed by atoms with Crippen molar-refractivity contribution in [2.45, 2.75) is 13.2 Å². The molecule has 0 heterocycles. The van der Waals surface area contributed by atoms with Crippen molar-refractivity contribution in [3.05, 3.63) is 101 Å². The lowest BCUT2D eigenvalue weighted by atomic mass is 10.1. The Balaban J connectivity index is 1.51. The van der Waals surface area contributed by atoms with E-state index in [9.17, 15) is 9.59 Å². The maximum Gasteiger partial charge on any atom is 0.251 e. The third kappa shape index (κ3) is 5.19. The van der Waals surface area contributed by atoms with Crippen molar-refractivity contribution in [2.24, 2.45) is 5.73 Å². The summed E-state index contributed by atoms with van der Waals surface area (Å²) >= 11 is 0. The fourth-order valence-corrected chi connectivity index (χ4v) is 2.51. The van der Waals surface area contributed by atoms with Gasteiger partial charge in [0, 0.05) is 17.7 Å². The van der Waals surface area contributed by atoms with Crippen LogP contribution in [0.1, 0.15) is 31.8 Å². The minimum Gasteiger partial charge on any atom is -0.489 e. The molecule has 0 fully saturated rings.